The van der Waals surface area contributed by atoms with Crippen LogP contribution >= 0.6 is 0 Å². The van der Waals surface area contributed by atoms with Gasteiger partial charge in [0.15, 0.2) is 0 Å². The fourth-order valence-corrected chi connectivity index (χ4v) is 2.83. The number of anilines is 2. The van der Waals surface area contributed by atoms with Crippen molar-refractivity contribution in [2.45, 2.75) is 19.1 Å². The number of nitrogens with one attached hydrogen (secondary N) is 3. The molecule has 3 amide bonds. The number of methoxy groups -OCH3 is 2. The average Bonchev–Trinajstić information content (AvgIpc) is 2.90. The molecule has 1 aromatic carbocycles. The van der Waals surface area contributed by atoms with Crippen LogP contribution in [0.15, 0.2) is 18.2 Å². The van der Waals surface area contributed by atoms with E-state index in [9.17, 15) is 9.59 Å². The average molecular weight is 350 g/mol. The molecule has 0 bridgehead atoms. The Morgan fingerprint density at radius 3 is 2.68 bits per heavy atom. The monoisotopic (exact) mass is 350 g/mol. The van der Waals surface area contributed by atoms with Gasteiger partial charge in [0, 0.05) is 38.7 Å². The summed E-state index contributed by atoms with van der Waals surface area (Å²) in [4.78, 5) is 26.0. The standard InChI is InChI=1S/C17H26N4O4/c1-11-5-6-12(18-16(22)10-24-3)7-13(11)19-17(23)20-14-8-21(2)9-15(14)25-4/h5-7,14-15H,8-10H2,1-4H3,(H,18,22)(H2,19,20,23)/t14-,15-/m1/s1. The van der Waals surface area contributed by atoms with Gasteiger partial charge >= 0.3 is 6.03 Å². The smallest absolute Gasteiger partial charge is 0.319 e. The molecule has 1 heterocycles. The van der Waals surface area contributed by atoms with E-state index in [2.05, 4.69) is 20.9 Å². The van der Waals surface area contributed by atoms with Crippen LogP contribution in [0.3, 0.4) is 0 Å². The number of benzene rings is 1. The second kappa shape index (κ2) is 8.80. The van der Waals surface area contributed by atoms with Gasteiger partial charge in [-0.2, -0.15) is 0 Å². The van der Waals surface area contributed by atoms with Crippen molar-refractivity contribution >= 4 is 23.3 Å². The molecule has 1 saturated heterocycles. The van der Waals surface area contributed by atoms with E-state index in [4.69, 9.17) is 9.47 Å². The fraction of sp³-hybridized carbons (Fsp3) is 0.529. The first kappa shape index (κ1) is 19.2. The highest BCUT2D eigenvalue weighted by Crippen LogP contribution is 2.20. The number of carbonyl (C=O) groups is 2. The molecule has 2 rings (SSSR count). The molecule has 1 fully saturated rings. The Morgan fingerprint density at radius 2 is 2.00 bits per heavy atom. The van der Waals surface area contributed by atoms with Crippen LogP contribution in [-0.4, -0.2) is 69.9 Å². The minimum absolute atomic E-state index is 0.0231. The van der Waals surface area contributed by atoms with E-state index in [0.717, 1.165) is 18.7 Å². The lowest BCUT2D eigenvalue weighted by molar-refractivity contribution is -0.119. The summed E-state index contributed by atoms with van der Waals surface area (Å²) in [7, 11) is 5.09. The van der Waals surface area contributed by atoms with Crippen molar-refractivity contribution in [1.29, 1.82) is 0 Å². The van der Waals surface area contributed by atoms with Crippen molar-refractivity contribution in [1.82, 2.24) is 10.2 Å². The van der Waals surface area contributed by atoms with Crippen LogP contribution in [0, 0.1) is 6.92 Å². The molecule has 3 N–H and O–H groups in total. The van der Waals surface area contributed by atoms with Crippen LogP contribution in [0.2, 0.25) is 0 Å². The third kappa shape index (κ3) is 5.42. The first-order valence-electron chi connectivity index (χ1n) is 8.11. The fourth-order valence-electron chi connectivity index (χ4n) is 2.83. The number of carbonyl (C=O) groups excluding carboxylic acids is 2. The minimum atomic E-state index is -0.300. The van der Waals surface area contributed by atoms with Crippen LogP contribution in [0.1, 0.15) is 5.56 Å². The first-order valence-corrected chi connectivity index (χ1v) is 8.11. The molecule has 1 aliphatic heterocycles. The molecule has 1 aliphatic rings. The van der Waals surface area contributed by atoms with E-state index in [1.54, 1.807) is 19.2 Å². The van der Waals surface area contributed by atoms with Gasteiger partial charge in [-0.3, -0.25) is 4.79 Å². The predicted molar refractivity (Wildman–Crippen MR) is 95.9 cm³/mol. The van der Waals surface area contributed by atoms with Crippen molar-refractivity contribution in [3.63, 3.8) is 0 Å². The van der Waals surface area contributed by atoms with Crippen molar-refractivity contribution in [2.75, 3.05) is 51.6 Å². The zero-order valence-electron chi connectivity index (χ0n) is 15.1. The highest BCUT2D eigenvalue weighted by molar-refractivity contribution is 5.94. The topological polar surface area (TPSA) is 91.9 Å². The number of nitrogens with zero attached hydrogens (tertiary/aromatic N) is 1. The molecule has 0 aromatic heterocycles. The second-order valence-electron chi connectivity index (χ2n) is 6.21. The van der Waals surface area contributed by atoms with Gasteiger partial charge in [-0.1, -0.05) is 6.07 Å². The van der Waals surface area contributed by atoms with Gasteiger partial charge in [-0.15, -0.1) is 0 Å². The lowest BCUT2D eigenvalue weighted by atomic mass is 10.1. The van der Waals surface area contributed by atoms with E-state index >= 15 is 0 Å². The Kier molecular flexibility index (Phi) is 6.74. The molecule has 0 unspecified atom stereocenters. The maximum absolute atomic E-state index is 12.3. The highest BCUT2D eigenvalue weighted by Gasteiger charge is 2.31. The maximum atomic E-state index is 12.3. The zero-order valence-corrected chi connectivity index (χ0v) is 15.1. The molecule has 8 nitrogen and oxygen atoms in total. The van der Waals surface area contributed by atoms with Crippen molar-refractivity contribution in [2.24, 2.45) is 0 Å². The molecule has 0 radical (unpaired) electrons. The van der Waals surface area contributed by atoms with Crippen LogP contribution in [0.5, 0.6) is 0 Å². The number of urea groups is 1. The lowest BCUT2D eigenvalue weighted by Gasteiger charge is -2.19. The summed E-state index contributed by atoms with van der Waals surface area (Å²) in [6.07, 6.45) is -0.0310. The maximum Gasteiger partial charge on any atom is 0.319 e. The SMILES string of the molecule is COCC(=O)Nc1ccc(C)c(NC(=O)N[C@@H]2CN(C)C[C@H]2OC)c1. The molecule has 25 heavy (non-hydrogen) atoms. The summed E-state index contributed by atoms with van der Waals surface area (Å²) in [6, 6.07) is 4.96. The lowest BCUT2D eigenvalue weighted by Crippen LogP contribution is -2.45. The summed E-state index contributed by atoms with van der Waals surface area (Å²) in [5.41, 5.74) is 2.12. The van der Waals surface area contributed by atoms with Crippen LogP contribution in [0.4, 0.5) is 16.2 Å². The van der Waals surface area contributed by atoms with Gasteiger partial charge in [0.1, 0.15) is 6.61 Å². The Hall–Kier alpha value is -2.16. The number of rotatable bonds is 6. The van der Waals surface area contributed by atoms with Crippen molar-refractivity contribution in [3.8, 4) is 0 Å². The second-order valence-corrected chi connectivity index (χ2v) is 6.21. The molecule has 0 aliphatic carbocycles. The Bertz CT molecular complexity index is 623. The van der Waals surface area contributed by atoms with Gasteiger partial charge in [-0.25, -0.2) is 4.79 Å². The van der Waals surface area contributed by atoms with E-state index in [-0.39, 0.29) is 30.7 Å². The molecule has 8 heteroatoms. The van der Waals surface area contributed by atoms with E-state index in [0.29, 0.717) is 11.4 Å². The first-order chi connectivity index (χ1) is 11.9. The number of likely N-dealkylation sites (N-methyl/N-ethyl adjacent to an activating group) is 1. The van der Waals surface area contributed by atoms with Gasteiger partial charge in [0.05, 0.1) is 12.1 Å². The molecule has 1 aromatic rings. The normalized spacial score (nSPS) is 20.3. The number of likely N-dealkylation sites (tertiary alicyclic amines) is 1. The molecular weight excluding hydrogens is 324 g/mol. The third-order valence-electron chi connectivity index (χ3n) is 4.11. The predicted octanol–water partition coefficient (Wildman–Crippen LogP) is 1.03. The number of aryl methyl sites for hydroxylation is 1. The molecule has 0 saturated carbocycles. The quantitative estimate of drug-likeness (QED) is 0.713. The van der Waals surface area contributed by atoms with Crippen molar-refractivity contribution in [3.05, 3.63) is 23.8 Å². The number of hydrogen-bond donors (Lipinski definition) is 3. The Labute approximate surface area is 147 Å². The zero-order chi connectivity index (χ0) is 18.4. The summed E-state index contributed by atoms with van der Waals surface area (Å²) >= 11 is 0. The van der Waals surface area contributed by atoms with Crippen LogP contribution < -0.4 is 16.0 Å². The Morgan fingerprint density at radius 1 is 1.24 bits per heavy atom. The highest BCUT2D eigenvalue weighted by atomic mass is 16.5. The molecule has 2 atom stereocenters. The number of amides is 3. The van der Waals surface area contributed by atoms with Crippen molar-refractivity contribution < 1.29 is 19.1 Å². The third-order valence-corrected chi connectivity index (χ3v) is 4.11. The van der Waals surface area contributed by atoms with Crippen LogP contribution in [-0.2, 0) is 14.3 Å². The molecular formula is C17H26N4O4. The van der Waals surface area contributed by atoms with E-state index in [1.165, 1.54) is 7.11 Å². The van der Waals surface area contributed by atoms with Gasteiger partial charge in [0.2, 0.25) is 5.91 Å². The van der Waals surface area contributed by atoms with Crippen LogP contribution in [0.25, 0.3) is 0 Å². The summed E-state index contributed by atoms with van der Waals surface area (Å²) in [5.74, 6) is -0.251. The summed E-state index contributed by atoms with van der Waals surface area (Å²) in [6.45, 7) is 3.38. The largest absolute Gasteiger partial charge is 0.378 e. The number of hydrogen-bond acceptors (Lipinski definition) is 5. The summed E-state index contributed by atoms with van der Waals surface area (Å²) in [5, 5.41) is 8.49. The van der Waals surface area contributed by atoms with Gasteiger partial charge in [0.25, 0.3) is 0 Å². The Balaban J connectivity index is 1.98. The van der Waals surface area contributed by atoms with Gasteiger partial charge in [-0.05, 0) is 31.7 Å². The minimum Gasteiger partial charge on any atom is -0.378 e. The molecule has 0 spiro atoms. The number of ether oxygens (including phenoxy) is 2. The summed E-state index contributed by atoms with van der Waals surface area (Å²) < 4.78 is 10.2. The van der Waals surface area contributed by atoms with E-state index in [1.807, 2.05) is 20.0 Å². The van der Waals surface area contributed by atoms with E-state index < -0.39 is 0 Å². The van der Waals surface area contributed by atoms with Gasteiger partial charge < -0.3 is 30.3 Å². The molecule has 138 valence electrons.